The number of nitrogen functional groups attached to an aromatic ring is 1. The number of hydrogen-bond acceptors (Lipinski definition) is 2. The SMILES string of the molecule is Nc1cccc2c1CN(CCc1ccc(F)cc1)C2. The van der Waals surface area contributed by atoms with Gasteiger partial charge in [-0.05, 0) is 41.3 Å². The highest BCUT2D eigenvalue weighted by Gasteiger charge is 2.19. The Bertz CT molecular complexity index is 578. The van der Waals surface area contributed by atoms with Gasteiger partial charge in [0.1, 0.15) is 5.82 Å². The van der Waals surface area contributed by atoms with Crippen molar-refractivity contribution in [2.45, 2.75) is 19.5 Å². The van der Waals surface area contributed by atoms with Crippen molar-refractivity contribution < 1.29 is 4.39 Å². The fourth-order valence-electron chi connectivity index (χ4n) is 2.61. The topological polar surface area (TPSA) is 29.3 Å². The molecule has 0 unspecified atom stereocenters. The Kier molecular flexibility index (Phi) is 3.22. The summed E-state index contributed by atoms with van der Waals surface area (Å²) < 4.78 is 12.8. The van der Waals surface area contributed by atoms with Crippen molar-refractivity contribution >= 4 is 5.69 Å². The van der Waals surface area contributed by atoms with E-state index in [1.807, 2.05) is 24.3 Å². The minimum absolute atomic E-state index is 0.176. The molecular weight excluding hydrogens is 239 g/mol. The lowest BCUT2D eigenvalue weighted by atomic mass is 10.1. The van der Waals surface area contributed by atoms with Gasteiger partial charge >= 0.3 is 0 Å². The molecule has 0 saturated carbocycles. The Balaban J connectivity index is 1.62. The number of fused-ring (bicyclic) bond motifs is 1. The highest BCUT2D eigenvalue weighted by atomic mass is 19.1. The molecule has 0 atom stereocenters. The smallest absolute Gasteiger partial charge is 0.123 e. The second-order valence-electron chi connectivity index (χ2n) is 5.07. The maximum Gasteiger partial charge on any atom is 0.123 e. The van der Waals surface area contributed by atoms with Gasteiger partial charge in [0.05, 0.1) is 0 Å². The minimum atomic E-state index is -0.176. The lowest BCUT2D eigenvalue weighted by Gasteiger charge is -2.14. The summed E-state index contributed by atoms with van der Waals surface area (Å²) in [5, 5.41) is 0. The van der Waals surface area contributed by atoms with Crippen LogP contribution in [0.1, 0.15) is 16.7 Å². The highest BCUT2D eigenvalue weighted by molar-refractivity contribution is 5.52. The quantitative estimate of drug-likeness (QED) is 0.855. The van der Waals surface area contributed by atoms with E-state index in [1.54, 1.807) is 0 Å². The number of rotatable bonds is 3. The summed E-state index contributed by atoms with van der Waals surface area (Å²) in [7, 11) is 0. The van der Waals surface area contributed by atoms with Crippen LogP contribution in [-0.2, 0) is 19.5 Å². The molecule has 3 rings (SSSR count). The van der Waals surface area contributed by atoms with Gasteiger partial charge in [0.25, 0.3) is 0 Å². The van der Waals surface area contributed by atoms with Gasteiger partial charge in [-0.15, -0.1) is 0 Å². The van der Waals surface area contributed by atoms with Crippen LogP contribution < -0.4 is 5.73 Å². The van der Waals surface area contributed by atoms with Gasteiger partial charge in [0, 0.05) is 25.3 Å². The first-order valence-corrected chi connectivity index (χ1v) is 6.55. The van der Waals surface area contributed by atoms with E-state index in [-0.39, 0.29) is 5.82 Å². The molecule has 1 aliphatic rings. The van der Waals surface area contributed by atoms with E-state index in [0.717, 1.165) is 31.7 Å². The van der Waals surface area contributed by atoms with Gasteiger partial charge in [0.15, 0.2) is 0 Å². The summed E-state index contributed by atoms with van der Waals surface area (Å²) in [5.41, 5.74) is 10.6. The maximum atomic E-state index is 12.8. The minimum Gasteiger partial charge on any atom is -0.398 e. The van der Waals surface area contributed by atoms with Crippen molar-refractivity contribution in [2.75, 3.05) is 12.3 Å². The van der Waals surface area contributed by atoms with E-state index in [2.05, 4.69) is 11.0 Å². The summed E-state index contributed by atoms with van der Waals surface area (Å²) in [5.74, 6) is -0.176. The molecule has 0 radical (unpaired) electrons. The average Bonchev–Trinajstić information content (AvgIpc) is 2.83. The third-order valence-corrected chi connectivity index (χ3v) is 3.71. The standard InChI is InChI=1S/C16H17FN2/c17-14-6-4-12(5-7-14)8-9-19-10-13-2-1-3-16(18)15(13)11-19/h1-7H,8-11,18H2. The van der Waals surface area contributed by atoms with Crippen LogP contribution in [0.15, 0.2) is 42.5 Å². The first-order chi connectivity index (χ1) is 9.22. The molecule has 0 spiro atoms. The van der Waals surface area contributed by atoms with Crippen molar-refractivity contribution in [3.63, 3.8) is 0 Å². The number of hydrogen-bond donors (Lipinski definition) is 1. The van der Waals surface area contributed by atoms with Crippen molar-refractivity contribution in [2.24, 2.45) is 0 Å². The van der Waals surface area contributed by atoms with Crippen LogP contribution >= 0.6 is 0 Å². The van der Waals surface area contributed by atoms with Crippen LogP contribution in [0.25, 0.3) is 0 Å². The Labute approximate surface area is 112 Å². The fourth-order valence-corrected chi connectivity index (χ4v) is 2.61. The molecule has 1 aliphatic heterocycles. The predicted molar refractivity (Wildman–Crippen MR) is 75.1 cm³/mol. The van der Waals surface area contributed by atoms with Crippen LogP contribution in [0.3, 0.4) is 0 Å². The average molecular weight is 256 g/mol. The highest BCUT2D eigenvalue weighted by Crippen LogP contribution is 2.27. The lowest BCUT2D eigenvalue weighted by Crippen LogP contribution is -2.19. The van der Waals surface area contributed by atoms with Crippen LogP contribution in [-0.4, -0.2) is 11.4 Å². The van der Waals surface area contributed by atoms with Crippen LogP contribution in [0, 0.1) is 5.82 Å². The molecule has 0 saturated heterocycles. The van der Waals surface area contributed by atoms with E-state index in [1.165, 1.54) is 28.8 Å². The monoisotopic (exact) mass is 256 g/mol. The van der Waals surface area contributed by atoms with E-state index in [9.17, 15) is 4.39 Å². The van der Waals surface area contributed by atoms with Gasteiger partial charge in [-0.3, -0.25) is 4.90 Å². The molecule has 1 heterocycles. The van der Waals surface area contributed by atoms with Crippen molar-refractivity contribution in [3.05, 3.63) is 65.0 Å². The molecule has 0 bridgehead atoms. The number of nitrogens with zero attached hydrogens (tertiary/aromatic N) is 1. The third kappa shape index (κ3) is 2.61. The van der Waals surface area contributed by atoms with Crippen molar-refractivity contribution in [1.82, 2.24) is 4.90 Å². The predicted octanol–water partition coefficient (Wildman–Crippen LogP) is 2.97. The number of benzene rings is 2. The molecule has 0 fully saturated rings. The van der Waals surface area contributed by atoms with Crippen molar-refractivity contribution in [1.29, 1.82) is 0 Å². The fraction of sp³-hybridized carbons (Fsp3) is 0.250. The number of nitrogens with two attached hydrogens (primary N) is 1. The Hall–Kier alpha value is -1.87. The largest absolute Gasteiger partial charge is 0.398 e. The van der Waals surface area contributed by atoms with Gasteiger partial charge < -0.3 is 5.73 Å². The summed E-state index contributed by atoms with van der Waals surface area (Å²) in [4.78, 5) is 2.38. The lowest BCUT2D eigenvalue weighted by molar-refractivity contribution is 0.288. The molecule has 2 nitrogen and oxygen atoms in total. The summed E-state index contributed by atoms with van der Waals surface area (Å²) in [6, 6.07) is 12.9. The zero-order chi connectivity index (χ0) is 13.2. The first-order valence-electron chi connectivity index (χ1n) is 6.55. The van der Waals surface area contributed by atoms with Crippen LogP contribution in [0.2, 0.25) is 0 Å². The molecule has 2 aromatic rings. The Morgan fingerprint density at radius 1 is 1.05 bits per heavy atom. The molecule has 98 valence electrons. The Morgan fingerprint density at radius 3 is 2.58 bits per heavy atom. The van der Waals surface area contributed by atoms with Gasteiger partial charge in [0.2, 0.25) is 0 Å². The molecular formula is C16H17FN2. The van der Waals surface area contributed by atoms with Crippen LogP contribution in [0.4, 0.5) is 10.1 Å². The number of anilines is 1. The summed E-state index contributed by atoms with van der Waals surface area (Å²) >= 11 is 0. The van der Waals surface area contributed by atoms with E-state index in [0.29, 0.717) is 0 Å². The molecule has 0 aromatic heterocycles. The second kappa shape index (κ2) is 5.02. The molecule has 0 aliphatic carbocycles. The van der Waals surface area contributed by atoms with E-state index < -0.39 is 0 Å². The van der Waals surface area contributed by atoms with Crippen LogP contribution in [0.5, 0.6) is 0 Å². The molecule has 2 N–H and O–H groups in total. The third-order valence-electron chi connectivity index (χ3n) is 3.71. The van der Waals surface area contributed by atoms with Gasteiger partial charge in [-0.25, -0.2) is 4.39 Å². The Morgan fingerprint density at radius 2 is 1.84 bits per heavy atom. The second-order valence-corrected chi connectivity index (χ2v) is 5.07. The molecule has 19 heavy (non-hydrogen) atoms. The number of halogens is 1. The first kappa shape index (κ1) is 12.2. The maximum absolute atomic E-state index is 12.8. The van der Waals surface area contributed by atoms with E-state index >= 15 is 0 Å². The normalized spacial score (nSPS) is 14.6. The summed E-state index contributed by atoms with van der Waals surface area (Å²) in [6.45, 7) is 2.85. The molecule has 0 amide bonds. The van der Waals surface area contributed by atoms with Gasteiger partial charge in [-0.2, -0.15) is 0 Å². The zero-order valence-corrected chi connectivity index (χ0v) is 10.8. The zero-order valence-electron chi connectivity index (χ0n) is 10.8. The summed E-state index contributed by atoms with van der Waals surface area (Å²) in [6.07, 6.45) is 0.939. The van der Waals surface area contributed by atoms with Gasteiger partial charge in [-0.1, -0.05) is 24.3 Å². The van der Waals surface area contributed by atoms with Crippen molar-refractivity contribution in [3.8, 4) is 0 Å². The van der Waals surface area contributed by atoms with E-state index in [4.69, 9.17) is 5.73 Å². The molecule has 3 heteroatoms. The molecule has 2 aromatic carbocycles.